The molecule has 96 valence electrons. The molecule has 0 aliphatic rings. The van der Waals surface area contributed by atoms with Crippen molar-refractivity contribution in [1.29, 1.82) is 0 Å². The molecule has 1 aromatic heterocycles. The molecule has 0 spiro atoms. The van der Waals surface area contributed by atoms with E-state index in [1.54, 1.807) is 11.3 Å². The van der Waals surface area contributed by atoms with Crippen LogP contribution in [0.25, 0.3) is 10.4 Å². The predicted molar refractivity (Wildman–Crippen MR) is 79.1 cm³/mol. The van der Waals surface area contributed by atoms with Gasteiger partial charge in [-0.2, -0.15) is 0 Å². The Bertz CT molecular complexity index is 512. The van der Waals surface area contributed by atoms with Gasteiger partial charge >= 0.3 is 0 Å². The Labute approximate surface area is 113 Å². The topological polar surface area (TPSA) is 24.9 Å². The van der Waals surface area contributed by atoms with Crippen molar-refractivity contribution in [3.05, 3.63) is 40.5 Å². The van der Waals surface area contributed by atoms with Crippen molar-refractivity contribution < 1.29 is 0 Å². The normalized spacial score (nSPS) is 11.2. The van der Waals surface area contributed by atoms with E-state index in [2.05, 4.69) is 55.3 Å². The van der Waals surface area contributed by atoms with Crippen LogP contribution in [0.15, 0.2) is 24.3 Å². The Morgan fingerprint density at radius 1 is 1.22 bits per heavy atom. The second kappa shape index (κ2) is 5.63. The quantitative estimate of drug-likeness (QED) is 0.900. The third-order valence-corrected chi connectivity index (χ3v) is 4.05. The highest BCUT2D eigenvalue weighted by atomic mass is 32.1. The molecule has 0 aliphatic heterocycles. The van der Waals surface area contributed by atoms with Crippen molar-refractivity contribution in [2.75, 3.05) is 7.05 Å². The van der Waals surface area contributed by atoms with Crippen LogP contribution in [0, 0.1) is 6.92 Å². The van der Waals surface area contributed by atoms with E-state index in [4.69, 9.17) is 0 Å². The van der Waals surface area contributed by atoms with Crippen LogP contribution in [0.5, 0.6) is 0 Å². The second-order valence-electron chi connectivity index (χ2n) is 4.82. The van der Waals surface area contributed by atoms with Gasteiger partial charge in [-0.25, -0.2) is 4.98 Å². The minimum Gasteiger partial charge on any atom is -0.314 e. The maximum Gasteiger partial charge on any atom is 0.0904 e. The molecule has 0 aliphatic carbocycles. The lowest BCUT2D eigenvalue weighted by atomic mass is 10.0. The van der Waals surface area contributed by atoms with Crippen LogP contribution in [0.1, 0.15) is 36.0 Å². The summed E-state index contributed by atoms with van der Waals surface area (Å²) in [4.78, 5) is 5.88. The summed E-state index contributed by atoms with van der Waals surface area (Å²) < 4.78 is 0. The molecule has 0 atom stereocenters. The van der Waals surface area contributed by atoms with Crippen LogP contribution in [-0.4, -0.2) is 12.0 Å². The fourth-order valence-electron chi connectivity index (χ4n) is 2.00. The second-order valence-corrected chi connectivity index (χ2v) is 6.02. The van der Waals surface area contributed by atoms with Crippen LogP contribution < -0.4 is 5.32 Å². The summed E-state index contributed by atoms with van der Waals surface area (Å²) in [5, 5.41) is 4.31. The zero-order chi connectivity index (χ0) is 13.1. The Hall–Kier alpha value is -1.19. The Morgan fingerprint density at radius 2 is 1.89 bits per heavy atom. The Kier molecular flexibility index (Phi) is 4.15. The van der Waals surface area contributed by atoms with Crippen molar-refractivity contribution in [2.24, 2.45) is 0 Å². The summed E-state index contributed by atoms with van der Waals surface area (Å²) >= 11 is 1.77. The first-order chi connectivity index (χ1) is 8.61. The van der Waals surface area contributed by atoms with Gasteiger partial charge in [0.15, 0.2) is 0 Å². The Morgan fingerprint density at radius 3 is 2.44 bits per heavy atom. The van der Waals surface area contributed by atoms with E-state index >= 15 is 0 Å². The summed E-state index contributed by atoms with van der Waals surface area (Å²) in [6.45, 7) is 7.33. The molecule has 1 heterocycles. The average molecular weight is 260 g/mol. The fraction of sp³-hybridized carbons (Fsp3) is 0.400. The number of hydrogen-bond donors (Lipinski definition) is 1. The third kappa shape index (κ3) is 2.79. The van der Waals surface area contributed by atoms with Crippen molar-refractivity contribution in [2.45, 2.75) is 33.2 Å². The number of aryl methyl sites for hydroxylation is 1. The minimum absolute atomic E-state index is 0.582. The third-order valence-electron chi connectivity index (χ3n) is 2.99. The number of hydrogen-bond acceptors (Lipinski definition) is 3. The molecular formula is C15H20N2S. The molecule has 0 radical (unpaired) electrons. The molecule has 0 bridgehead atoms. The molecule has 2 rings (SSSR count). The van der Waals surface area contributed by atoms with Gasteiger partial charge in [-0.1, -0.05) is 38.1 Å². The molecular weight excluding hydrogens is 240 g/mol. The maximum absolute atomic E-state index is 4.59. The zero-order valence-corrected chi connectivity index (χ0v) is 12.3. The SMILES string of the molecule is CNCc1nc(C)sc1-c1ccc(C(C)C)cc1. The van der Waals surface area contributed by atoms with Gasteiger partial charge in [-0.15, -0.1) is 11.3 Å². The standard InChI is InChI=1S/C15H20N2S/c1-10(2)12-5-7-13(8-6-12)15-14(9-16-4)17-11(3)18-15/h5-8,10,16H,9H2,1-4H3. The number of rotatable bonds is 4. The lowest BCUT2D eigenvalue weighted by Crippen LogP contribution is -2.06. The summed E-state index contributed by atoms with van der Waals surface area (Å²) in [5.41, 5.74) is 3.81. The average Bonchev–Trinajstić information content (AvgIpc) is 2.71. The van der Waals surface area contributed by atoms with Crippen molar-refractivity contribution in [1.82, 2.24) is 10.3 Å². The number of thiazole rings is 1. The number of nitrogens with zero attached hydrogens (tertiary/aromatic N) is 1. The van der Waals surface area contributed by atoms with E-state index in [-0.39, 0.29) is 0 Å². The molecule has 18 heavy (non-hydrogen) atoms. The van der Waals surface area contributed by atoms with Gasteiger partial charge in [-0.3, -0.25) is 0 Å². The predicted octanol–water partition coefficient (Wildman–Crippen LogP) is 3.96. The zero-order valence-electron chi connectivity index (χ0n) is 11.4. The summed E-state index contributed by atoms with van der Waals surface area (Å²) in [6.07, 6.45) is 0. The highest BCUT2D eigenvalue weighted by Crippen LogP contribution is 2.31. The van der Waals surface area contributed by atoms with Crippen LogP contribution in [0.3, 0.4) is 0 Å². The van der Waals surface area contributed by atoms with Gasteiger partial charge in [0, 0.05) is 6.54 Å². The lowest BCUT2D eigenvalue weighted by molar-refractivity contribution is 0.796. The van der Waals surface area contributed by atoms with Crippen molar-refractivity contribution in [3.63, 3.8) is 0 Å². The molecule has 1 N–H and O–H groups in total. The molecule has 0 unspecified atom stereocenters. The van der Waals surface area contributed by atoms with Gasteiger partial charge in [0.2, 0.25) is 0 Å². The first-order valence-electron chi connectivity index (χ1n) is 6.33. The molecule has 1 aromatic carbocycles. The van der Waals surface area contributed by atoms with Gasteiger partial charge in [-0.05, 0) is 31.0 Å². The van der Waals surface area contributed by atoms with Crippen molar-refractivity contribution in [3.8, 4) is 10.4 Å². The van der Waals surface area contributed by atoms with E-state index in [1.807, 2.05) is 7.05 Å². The Balaban J connectivity index is 2.35. The minimum atomic E-state index is 0.582. The van der Waals surface area contributed by atoms with Crippen LogP contribution in [0.2, 0.25) is 0 Å². The molecule has 2 nitrogen and oxygen atoms in total. The highest BCUT2D eigenvalue weighted by molar-refractivity contribution is 7.15. The van der Waals surface area contributed by atoms with Gasteiger partial charge < -0.3 is 5.32 Å². The fourth-order valence-corrected chi connectivity index (χ4v) is 2.94. The van der Waals surface area contributed by atoms with E-state index in [0.29, 0.717) is 5.92 Å². The molecule has 0 saturated carbocycles. The van der Waals surface area contributed by atoms with E-state index in [0.717, 1.165) is 17.2 Å². The summed E-state index contributed by atoms with van der Waals surface area (Å²) in [7, 11) is 1.96. The van der Waals surface area contributed by atoms with E-state index < -0.39 is 0 Å². The molecule has 3 heteroatoms. The smallest absolute Gasteiger partial charge is 0.0904 e. The summed E-state index contributed by atoms with van der Waals surface area (Å²) in [6, 6.07) is 8.86. The molecule has 0 saturated heterocycles. The number of aromatic nitrogens is 1. The van der Waals surface area contributed by atoms with Crippen LogP contribution >= 0.6 is 11.3 Å². The number of nitrogens with one attached hydrogen (secondary N) is 1. The molecule has 2 aromatic rings. The first kappa shape index (κ1) is 13.2. The largest absolute Gasteiger partial charge is 0.314 e. The monoisotopic (exact) mass is 260 g/mol. The maximum atomic E-state index is 4.59. The van der Waals surface area contributed by atoms with E-state index in [9.17, 15) is 0 Å². The summed E-state index contributed by atoms with van der Waals surface area (Å²) in [5.74, 6) is 0.582. The lowest BCUT2D eigenvalue weighted by Gasteiger charge is -2.07. The number of benzene rings is 1. The van der Waals surface area contributed by atoms with Crippen LogP contribution in [0.4, 0.5) is 0 Å². The van der Waals surface area contributed by atoms with Crippen LogP contribution in [-0.2, 0) is 6.54 Å². The molecule has 0 amide bonds. The van der Waals surface area contributed by atoms with E-state index in [1.165, 1.54) is 16.0 Å². The molecule has 0 fully saturated rings. The van der Waals surface area contributed by atoms with Crippen molar-refractivity contribution >= 4 is 11.3 Å². The highest BCUT2D eigenvalue weighted by Gasteiger charge is 2.10. The first-order valence-corrected chi connectivity index (χ1v) is 7.14. The van der Waals surface area contributed by atoms with Gasteiger partial charge in [0.1, 0.15) is 0 Å². The van der Waals surface area contributed by atoms with Gasteiger partial charge in [0.05, 0.1) is 15.6 Å². The van der Waals surface area contributed by atoms with Gasteiger partial charge in [0.25, 0.3) is 0 Å².